The molecule has 0 fully saturated rings. The van der Waals surface area contributed by atoms with Crippen molar-refractivity contribution in [3.8, 4) is 17.2 Å². The Hall–Kier alpha value is -3.30. The largest absolute Gasteiger partial charge is 0.493 e. The average molecular weight is 484 g/mol. The van der Waals surface area contributed by atoms with Crippen molar-refractivity contribution < 1.29 is 24.1 Å². The van der Waals surface area contributed by atoms with Crippen LogP contribution in [0.15, 0.2) is 60.3 Å². The number of hydrogen-bond acceptors (Lipinski definition) is 8. The number of aryl methyl sites for hydroxylation is 1. The maximum absolute atomic E-state index is 11.5. The van der Waals surface area contributed by atoms with Gasteiger partial charge in [-0.3, -0.25) is 9.36 Å². The van der Waals surface area contributed by atoms with Crippen molar-refractivity contribution in [1.29, 1.82) is 0 Å². The number of hydrogen-bond donors (Lipinski definition) is 1. The number of carbonyl (C=O) groups is 1. The number of thioether (sulfide) groups is 1. The Morgan fingerprint density at radius 1 is 1.21 bits per heavy atom. The first-order valence-electron chi connectivity index (χ1n) is 10.8. The number of nitrogens with zero attached hydrogens (tertiary/aromatic N) is 3. The first-order valence-corrected chi connectivity index (χ1v) is 11.7. The molecule has 1 aromatic heterocycles. The number of methoxy groups -OCH3 is 1. The molecular formula is C25H29N3O5S. The molecule has 0 aliphatic carbocycles. The second-order valence-corrected chi connectivity index (χ2v) is 8.59. The van der Waals surface area contributed by atoms with E-state index in [0.29, 0.717) is 40.3 Å². The molecule has 180 valence electrons. The molecule has 0 amide bonds. The van der Waals surface area contributed by atoms with Gasteiger partial charge in [-0.1, -0.05) is 30.0 Å². The molecule has 0 saturated carbocycles. The van der Waals surface area contributed by atoms with Crippen LogP contribution in [0, 0.1) is 6.92 Å². The predicted octanol–water partition coefficient (Wildman–Crippen LogP) is 4.09. The van der Waals surface area contributed by atoms with Gasteiger partial charge in [0.2, 0.25) is 0 Å². The summed E-state index contributed by atoms with van der Waals surface area (Å²) in [5.41, 5.74) is 1.65. The molecule has 1 unspecified atom stereocenters. The Morgan fingerprint density at radius 3 is 2.74 bits per heavy atom. The lowest BCUT2D eigenvalue weighted by Crippen LogP contribution is -2.20. The van der Waals surface area contributed by atoms with Crippen LogP contribution in [0.5, 0.6) is 17.2 Å². The quantitative estimate of drug-likeness (QED) is 0.221. The number of aliphatic hydroxyl groups is 1. The minimum atomic E-state index is -0.761. The fourth-order valence-electron chi connectivity index (χ4n) is 3.11. The highest BCUT2D eigenvalue weighted by atomic mass is 32.2. The summed E-state index contributed by atoms with van der Waals surface area (Å²) >= 11 is 1.37. The summed E-state index contributed by atoms with van der Waals surface area (Å²) in [5.74, 6) is 2.63. The summed E-state index contributed by atoms with van der Waals surface area (Å²) in [7, 11) is 1.51. The van der Waals surface area contributed by atoms with E-state index in [9.17, 15) is 9.90 Å². The summed E-state index contributed by atoms with van der Waals surface area (Å²) < 4.78 is 18.8. The summed E-state index contributed by atoms with van der Waals surface area (Å²) in [6.07, 6.45) is 1.00. The van der Waals surface area contributed by atoms with E-state index in [4.69, 9.17) is 14.2 Å². The van der Waals surface area contributed by atoms with Crippen LogP contribution in [0.25, 0.3) is 0 Å². The van der Waals surface area contributed by atoms with E-state index in [1.807, 2.05) is 35.8 Å². The van der Waals surface area contributed by atoms with E-state index < -0.39 is 6.10 Å². The van der Waals surface area contributed by atoms with E-state index in [1.54, 1.807) is 24.3 Å². The zero-order chi connectivity index (χ0) is 24.5. The van der Waals surface area contributed by atoms with Crippen molar-refractivity contribution >= 4 is 17.5 Å². The van der Waals surface area contributed by atoms with E-state index in [0.717, 1.165) is 11.3 Å². The van der Waals surface area contributed by atoms with Crippen LogP contribution < -0.4 is 14.2 Å². The Kier molecular flexibility index (Phi) is 9.12. The average Bonchev–Trinajstić information content (AvgIpc) is 3.21. The topological polar surface area (TPSA) is 95.7 Å². The van der Waals surface area contributed by atoms with E-state index in [1.165, 1.54) is 25.8 Å². The zero-order valence-corrected chi connectivity index (χ0v) is 20.4. The Bertz CT molecular complexity index is 1130. The summed E-state index contributed by atoms with van der Waals surface area (Å²) in [6, 6.07) is 12.8. The lowest BCUT2D eigenvalue weighted by Gasteiger charge is -2.15. The van der Waals surface area contributed by atoms with Gasteiger partial charge < -0.3 is 19.3 Å². The van der Waals surface area contributed by atoms with Crippen LogP contribution in [0.2, 0.25) is 0 Å². The third-order valence-electron chi connectivity index (χ3n) is 4.87. The van der Waals surface area contributed by atoms with Crippen LogP contribution in [-0.2, 0) is 13.2 Å². The fourth-order valence-corrected chi connectivity index (χ4v) is 3.98. The standard InChI is InChI=1S/C25H29N3O5S/c1-5-11-28-24(15-32-21-8-6-7-17(2)12-21)26-27-25(28)34-16-20(30)14-33-22-10-9-19(18(3)29)13-23(22)31-4/h5-10,12-13,20,30H,1,11,14-16H2,2-4H3. The minimum absolute atomic E-state index is 0.0572. The lowest BCUT2D eigenvalue weighted by atomic mass is 10.1. The first kappa shape index (κ1) is 25.3. The van der Waals surface area contributed by atoms with Gasteiger partial charge in [-0.15, -0.1) is 16.8 Å². The maximum atomic E-state index is 11.5. The summed E-state index contributed by atoms with van der Waals surface area (Å²) in [6.45, 7) is 8.16. The number of ketones is 1. The molecule has 2 aromatic carbocycles. The van der Waals surface area contributed by atoms with Gasteiger partial charge in [-0.05, 0) is 49.7 Å². The highest BCUT2D eigenvalue weighted by Crippen LogP contribution is 2.29. The highest BCUT2D eigenvalue weighted by molar-refractivity contribution is 7.99. The van der Waals surface area contributed by atoms with E-state index in [-0.39, 0.29) is 19.0 Å². The number of aliphatic hydroxyl groups excluding tert-OH is 1. The van der Waals surface area contributed by atoms with Crippen LogP contribution >= 0.6 is 11.8 Å². The normalized spacial score (nSPS) is 11.6. The van der Waals surface area contributed by atoms with Gasteiger partial charge in [0.25, 0.3) is 0 Å². The number of allylic oxidation sites excluding steroid dienone is 1. The zero-order valence-electron chi connectivity index (χ0n) is 19.6. The van der Waals surface area contributed by atoms with E-state index >= 15 is 0 Å². The molecule has 34 heavy (non-hydrogen) atoms. The smallest absolute Gasteiger partial charge is 0.191 e. The molecule has 0 aliphatic rings. The van der Waals surface area contributed by atoms with Crippen LogP contribution in [0.4, 0.5) is 0 Å². The second kappa shape index (κ2) is 12.2. The van der Waals surface area contributed by atoms with Crippen molar-refractivity contribution in [2.75, 3.05) is 19.5 Å². The summed E-state index contributed by atoms with van der Waals surface area (Å²) in [4.78, 5) is 11.5. The Labute approximate surface area is 203 Å². The molecular weight excluding hydrogens is 454 g/mol. The number of Topliss-reactive ketones (excluding diaryl/α,β-unsaturated/α-hetero) is 1. The maximum Gasteiger partial charge on any atom is 0.191 e. The number of rotatable bonds is 13. The molecule has 0 saturated heterocycles. The molecule has 8 nitrogen and oxygen atoms in total. The predicted molar refractivity (Wildman–Crippen MR) is 131 cm³/mol. The fraction of sp³-hybridized carbons (Fsp3) is 0.320. The molecule has 0 bridgehead atoms. The van der Waals surface area contributed by atoms with Gasteiger partial charge in [-0.25, -0.2) is 0 Å². The van der Waals surface area contributed by atoms with Gasteiger partial charge in [0.1, 0.15) is 19.0 Å². The monoisotopic (exact) mass is 483 g/mol. The number of ether oxygens (including phenoxy) is 3. The number of aromatic nitrogens is 3. The van der Waals surface area contributed by atoms with Gasteiger partial charge in [0.15, 0.2) is 28.3 Å². The third-order valence-corrected chi connectivity index (χ3v) is 5.98. The third kappa shape index (κ3) is 6.85. The molecule has 1 atom stereocenters. The van der Waals surface area contributed by atoms with Crippen molar-refractivity contribution in [2.45, 2.75) is 38.3 Å². The Morgan fingerprint density at radius 2 is 2.03 bits per heavy atom. The van der Waals surface area contributed by atoms with Crippen molar-refractivity contribution in [3.05, 3.63) is 72.1 Å². The molecule has 3 rings (SSSR count). The molecule has 0 aliphatic heterocycles. The molecule has 3 aromatic rings. The van der Waals surface area contributed by atoms with Gasteiger partial charge in [0, 0.05) is 17.9 Å². The van der Waals surface area contributed by atoms with Gasteiger partial charge >= 0.3 is 0 Å². The first-order chi connectivity index (χ1) is 16.4. The number of benzene rings is 2. The SMILES string of the molecule is C=CCn1c(COc2cccc(C)c2)nnc1SCC(O)COc1ccc(C(C)=O)cc1OC. The highest BCUT2D eigenvalue weighted by Gasteiger charge is 2.16. The van der Waals surface area contributed by atoms with Crippen molar-refractivity contribution in [1.82, 2.24) is 14.8 Å². The van der Waals surface area contributed by atoms with Crippen LogP contribution in [0.3, 0.4) is 0 Å². The number of carbonyl (C=O) groups excluding carboxylic acids is 1. The molecule has 9 heteroatoms. The van der Waals surface area contributed by atoms with Crippen LogP contribution in [-0.4, -0.2) is 51.2 Å². The molecule has 1 N–H and O–H groups in total. The van der Waals surface area contributed by atoms with Crippen molar-refractivity contribution in [2.24, 2.45) is 0 Å². The lowest BCUT2D eigenvalue weighted by molar-refractivity contribution is 0.101. The minimum Gasteiger partial charge on any atom is -0.493 e. The molecule has 0 spiro atoms. The second-order valence-electron chi connectivity index (χ2n) is 7.60. The van der Waals surface area contributed by atoms with Gasteiger partial charge in [0.05, 0.1) is 13.2 Å². The molecule has 1 heterocycles. The van der Waals surface area contributed by atoms with E-state index in [2.05, 4.69) is 16.8 Å². The van der Waals surface area contributed by atoms with Gasteiger partial charge in [-0.2, -0.15) is 0 Å². The van der Waals surface area contributed by atoms with Crippen LogP contribution in [0.1, 0.15) is 28.7 Å². The Balaban J connectivity index is 1.57. The molecule has 0 radical (unpaired) electrons. The van der Waals surface area contributed by atoms with Crippen molar-refractivity contribution in [3.63, 3.8) is 0 Å². The summed E-state index contributed by atoms with van der Waals surface area (Å²) in [5, 5.41) is 19.6.